The molecule has 0 fully saturated rings. The molecule has 0 unspecified atom stereocenters. The van der Waals surface area contributed by atoms with Gasteiger partial charge in [-0.3, -0.25) is 5.10 Å². The van der Waals surface area contributed by atoms with Gasteiger partial charge in [-0.1, -0.05) is 0 Å². The van der Waals surface area contributed by atoms with Crippen LogP contribution in [0.1, 0.15) is 21.1 Å². The summed E-state index contributed by atoms with van der Waals surface area (Å²) in [6.45, 7) is 5.81. The van der Waals surface area contributed by atoms with Crippen LogP contribution in [-0.2, 0) is 13.1 Å². The van der Waals surface area contributed by atoms with E-state index in [1.165, 1.54) is 10.4 Å². The van der Waals surface area contributed by atoms with Crippen LogP contribution >= 0.6 is 11.3 Å². The molecule has 0 spiro atoms. The quantitative estimate of drug-likeness (QED) is 0.829. The van der Waals surface area contributed by atoms with Crippen molar-refractivity contribution in [2.75, 3.05) is 0 Å². The summed E-state index contributed by atoms with van der Waals surface area (Å²) in [5, 5.41) is 11.2. The van der Waals surface area contributed by atoms with Crippen LogP contribution in [0.3, 0.4) is 0 Å². The van der Waals surface area contributed by atoms with Crippen molar-refractivity contribution in [3.63, 3.8) is 0 Å². The standard InChI is InChI=1S/C10H14N4S/c1-7-10(15-8(2)14-7)6-11-3-9-4-12-13-5-9/h4-5,11H,3,6H2,1-2H3,(H,12,13). The Morgan fingerprint density at radius 3 is 2.87 bits per heavy atom. The Labute approximate surface area is 92.8 Å². The normalized spacial score (nSPS) is 10.8. The molecule has 0 saturated heterocycles. The fourth-order valence-corrected chi connectivity index (χ4v) is 2.34. The van der Waals surface area contributed by atoms with Gasteiger partial charge < -0.3 is 5.32 Å². The molecular formula is C10H14N4S. The molecule has 0 aliphatic carbocycles. The number of nitrogens with zero attached hydrogens (tertiary/aromatic N) is 2. The van der Waals surface area contributed by atoms with Gasteiger partial charge in [-0.15, -0.1) is 11.3 Å². The third-order valence-corrected chi connectivity index (χ3v) is 3.24. The molecule has 2 N–H and O–H groups in total. The van der Waals surface area contributed by atoms with Crippen LogP contribution in [0.5, 0.6) is 0 Å². The summed E-state index contributed by atoms with van der Waals surface area (Å²) < 4.78 is 0. The molecule has 0 aromatic carbocycles. The van der Waals surface area contributed by atoms with Gasteiger partial charge in [0.2, 0.25) is 0 Å². The van der Waals surface area contributed by atoms with Crippen molar-refractivity contribution in [1.29, 1.82) is 0 Å². The number of H-pyrrole nitrogens is 1. The summed E-state index contributed by atoms with van der Waals surface area (Å²) in [4.78, 5) is 5.70. The van der Waals surface area contributed by atoms with Gasteiger partial charge in [-0.2, -0.15) is 5.10 Å². The van der Waals surface area contributed by atoms with Gasteiger partial charge in [-0.25, -0.2) is 4.98 Å². The molecule has 0 saturated carbocycles. The second-order valence-electron chi connectivity index (χ2n) is 3.45. The Morgan fingerprint density at radius 1 is 1.40 bits per heavy atom. The fraction of sp³-hybridized carbons (Fsp3) is 0.400. The molecule has 0 atom stereocenters. The van der Waals surface area contributed by atoms with Crippen LogP contribution in [-0.4, -0.2) is 15.2 Å². The van der Waals surface area contributed by atoms with Gasteiger partial charge in [0.05, 0.1) is 16.9 Å². The van der Waals surface area contributed by atoms with Crippen LogP contribution in [0.25, 0.3) is 0 Å². The summed E-state index contributed by atoms with van der Waals surface area (Å²) in [5.74, 6) is 0. The third-order valence-electron chi connectivity index (χ3n) is 2.17. The largest absolute Gasteiger partial charge is 0.308 e. The first-order valence-electron chi connectivity index (χ1n) is 4.87. The van der Waals surface area contributed by atoms with Gasteiger partial charge in [0, 0.05) is 29.7 Å². The molecule has 4 nitrogen and oxygen atoms in total. The number of nitrogens with one attached hydrogen (secondary N) is 2. The van der Waals surface area contributed by atoms with E-state index in [-0.39, 0.29) is 0 Å². The first-order valence-corrected chi connectivity index (χ1v) is 5.68. The number of thiazole rings is 1. The third kappa shape index (κ3) is 2.64. The maximum atomic E-state index is 4.39. The molecule has 0 aliphatic heterocycles. The molecule has 0 amide bonds. The Bertz CT molecular complexity index is 419. The number of hydrogen-bond donors (Lipinski definition) is 2. The monoisotopic (exact) mass is 222 g/mol. The van der Waals surface area contributed by atoms with Crippen molar-refractivity contribution in [2.45, 2.75) is 26.9 Å². The van der Waals surface area contributed by atoms with Crippen LogP contribution in [0.2, 0.25) is 0 Å². The number of aryl methyl sites for hydroxylation is 2. The molecule has 0 bridgehead atoms. The zero-order valence-corrected chi connectivity index (χ0v) is 9.69. The maximum absolute atomic E-state index is 4.39. The van der Waals surface area contributed by atoms with Crippen molar-refractivity contribution in [2.24, 2.45) is 0 Å². The van der Waals surface area contributed by atoms with Crippen LogP contribution in [0, 0.1) is 13.8 Å². The lowest BCUT2D eigenvalue weighted by atomic mass is 10.3. The van der Waals surface area contributed by atoms with Crippen molar-refractivity contribution in [1.82, 2.24) is 20.5 Å². The lowest BCUT2D eigenvalue weighted by molar-refractivity contribution is 0.697. The second kappa shape index (κ2) is 4.55. The minimum absolute atomic E-state index is 0.840. The van der Waals surface area contributed by atoms with Crippen molar-refractivity contribution in [3.8, 4) is 0 Å². The van der Waals surface area contributed by atoms with Gasteiger partial charge in [0.1, 0.15) is 0 Å². The topological polar surface area (TPSA) is 53.6 Å². The van der Waals surface area contributed by atoms with E-state index in [9.17, 15) is 0 Å². The summed E-state index contributed by atoms with van der Waals surface area (Å²) in [6.07, 6.45) is 3.73. The zero-order chi connectivity index (χ0) is 10.7. The average Bonchev–Trinajstić information content (AvgIpc) is 2.77. The predicted octanol–water partition coefficient (Wildman–Crippen LogP) is 1.77. The first kappa shape index (κ1) is 10.3. The van der Waals surface area contributed by atoms with Gasteiger partial charge in [-0.05, 0) is 13.8 Å². The highest BCUT2D eigenvalue weighted by Gasteiger charge is 2.03. The smallest absolute Gasteiger partial charge is 0.0900 e. The van der Waals surface area contributed by atoms with Crippen molar-refractivity contribution < 1.29 is 0 Å². The van der Waals surface area contributed by atoms with E-state index in [1.807, 2.05) is 19.3 Å². The molecule has 2 heterocycles. The van der Waals surface area contributed by atoms with E-state index in [1.54, 1.807) is 11.3 Å². The van der Waals surface area contributed by atoms with E-state index in [4.69, 9.17) is 0 Å². The van der Waals surface area contributed by atoms with Gasteiger partial charge >= 0.3 is 0 Å². The summed E-state index contributed by atoms with van der Waals surface area (Å²) in [6, 6.07) is 0. The molecule has 5 heteroatoms. The highest BCUT2D eigenvalue weighted by Crippen LogP contribution is 2.16. The minimum Gasteiger partial charge on any atom is -0.308 e. The number of aromatic nitrogens is 3. The van der Waals surface area contributed by atoms with E-state index in [0.29, 0.717) is 0 Å². The highest BCUT2D eigenvalue weighted by molar-refractivity contribution is 7.11. The zero-order valence-electron chi connectivity index (χ0n) is 8.87. The molecule has 80 valence electrons. The molecule has 15 heavy (non-hydrogen) atoms. The van der Waals surface area contributed by atoms with Crippen LogP contribution < -0.4 is 5.32 Å². The Morgan fingerprint density at radius 2 is 2.27 bits per heavy atom. The summed E-state index contributed by atoms with van der Waals surface area (Å²) in [7, 11) is 0. The highest BCUT2D eigenvalue weighted by atomic mass is 32.1. The van der Waals surface area contributed by atoms with Crippen molar-refractivity contribution >= 4 is 11.3 Å². The van der Waals surface area contributed by atoms with Crippen LogP contribution in [0.4, 0.5) is 0 Å². The van der Waals surface area contributed by atoms with E-state index in [2.05, 4.69) is 27.4 Å². The van der Waals surface area contributed by atoms with Crippen molar-refractivity contribution in [3.05, 3.63) is 33.5 Å². The fourth-order valence-electron chi connectivity index (χ4n) is 1.43. The Balaban J connectivity index is 1.86. The van der Waals surface area contributed by atoms with E-state index < -0.39 is 0 Å². The van der Waals surface area contributed by atoms with Gasteiger partial charge in [0.15, 0.2) is 0 Å². The molecule has 0 aliphatic rings. The number of rotatable bonds is 4. The maximum Gasteiger partial charge on any atom is 0.0900 e. The first-order chi connectivity index (χ1) is 7.25. The minimum atomic E-state index is 0.840. The van der Waals surface area contributed by atoms with E-state index in [0.717, 1.165) is 23.8 Å². The lowest BCUT2D eigenvalue weighted by Gasteiger charge is -2.00. The Hall–Kier alpha value is -1.20. The Kier molecular flexibility index (Phi) is 3.13. The molecule has 2 aromatic rings. The number of aromatic amines is 1. The van der Waals surface area contributed by atoms with E-state index >= 15 is 0 Å². The average molecular weight is 222 g/mol. The molecular weight excluding hydrogens is 208 g/mol. The summed E-state index contributed by atoms with van der Waals surface area (Å²) >= 11 is 1.75. The lowest BCUT2D eigenvalue weighted by Crippen LogP contribution is -2.11. The van der Waals surface area contributed by atoms with Gasteiger partial charge in [0.25, 0.3) is 0 Å². The molecule has 0 radical (unpaired) electrons. The van der Waals surface area contributed by atoms with Crippen LogP contribution in [0.15, 0.2) is 12.4 Å². The molecule has 2 aromatic heterocycles. The summed E-state index contributed by atoms with van der Waals surface area (Å²) in [5.41, 5.74) is 2.31. The SMILES string of the molecule is Cc1nc(C)c(CNCc2cn[nH]c2)s1. The molecule has 2 rings (SSSR count). The number of hydrogen-bond acceptors (Lipinski definition) is 4. The second-order valence-corrected chi connectivity index (χ2v) is 4.74. The predicted molar refractivity (Wildman–Crippen MR) is 60.7 cm³/mol.